The van der Waals surface area contributed by atoms with Gasteiger partial charge >= 0.3 is 0 Å². The summed E-state index contributed by atoms with van der Waals surface area (Å²) in [6.07, 6.45) is 2.78. The molecule has 0 radical (unpaired) electrons. The number of pyridine rings is 1. The zero-order valence-electron chi connectivity index (χ0n) is 17.3. The minimum Gasteiger partial charge on any atom is -0.491 e. The molecule has 9 heteroatoms. The number of halogens is 2. The minimum absolute atomic E-state index is 0. The molecule has 2 heterocycles. The van der Waals surface area contributed by atoms with Gasteiger partial charge in [0.15, 0.2) is 5.96 Å². The number of rotatable bonds is 8. The first-order valence-corrected chi connectivity index (χ1v) is 10.1. The van der Waals surface area contributed by atoms with Crippen molar-refractivity contribution < 1.29 is 9.47 Å². The molecule has 1 aliphatic heterocycles. The number of methoxy groups -OCH3 is 1. The van der Waals surface area contributed by atoms with Crippen LogP contribution in [0.2, 0.25) is 5.02 Å². The van der Waals surface area contributed by atoms with Crippen molar-refractivity contribution >= 4 is 47.4 Å². The Morgan fingerprint density at radius 1 is 1.27 bits per heavy atom. The van der Waals surface area contributed by atoms with Gasteiger partial charge in [-0.05, 0) is 36.2 Å². The molecule has 1 atom stereocenters. The highest BCUT2D eigenvalue weighted by Crippen LogP contribution is 2.25. The number of benzene rings is 1. The maximum Gasteiger partial charge on any atom is 0.191 e. The fourth-order valence-corrected chi connectivity index (χ4v) is 3.44. The summed E-state index contributed by atoms with van der Waals surface area (Å²) < 4.78 is 10.6. The van der Waals surface area contributed by atoms with E-state index in [0.29, 0.717) is 24.8 Å². The average molecular weight is 546 g/mol. The van der Waals surface area contributed by atoms with Gasteiger partial charge in [0, 0.05) is 46.0 Å². The van der Waals surface area contributed by atoms with Gasteiger partial charge in [-0.15, -0.1) is 24.0 Å². The van der Waals surface area contributed by atoms with E-state index in [0.717, 1.165) is 42.6 Å². The van der Waals surface area contributed by atoms with E-state index < -0.39 is 0 Å². The molecule has 0 saturated carbocycles. The maximum absolute atomic E-state index is 6.27. The molecule has 1 unspecified atom stereocenters. The van der Waals surface area contributed by atoms with Crippen LogP contribution in [-0.4, -0.2) is 57.4 Å². The van der Waals surface area contributed by atoms with Gasteiger partial charge in [0.2, 0.25) is 0 Å². The third-order valence-electron chi connectivity index (χ3n) is 4.73. The van der Waals surface area contributed by atoms with Crippen LogP contribution in [0, 0.1) is 0 Å². The lowest BCUT2D eigenvalue weighted by Crippen LogP contribution is -2.44. The second-order valence-corrected chi connectivity index (χ2v) is 7.20. The van der Waals surface area contributed by atoms with Crippen LogP contribution in [-0.2, 0) is 11.3 Å². The molecule has 7 nitrogen and oxygen atoms in total. The fourth-order valence-electron chi connectivity index (χ4n) is 3.20. The van der Waals surface area contributed by atoms with Crippen LogP contribution in [0.4, 0.5) is 5.82 Å². The molecule has 0 amide bonds. The van der Waals surface area contributed by atoms with Crippen LogP contribution in [0.15, 0.2) is 47.6 Å². The molecule has 1 aromatic heterocycles. The highest BCUT2D eigenvalue weighted by atomic mass is 127. The smallest absolute Gasteiger partial charge is 0.191 e. The van der Waals surface area contributed by atoms with E-state index in [1.165, 1.54) is 0 Å². The van der Waals surface area contributed by atoms with E-state index in [1.807, 2.05) is 36.4 Å². The lowest BCUT2D eigenvalue weighted by atomic mass is 10.2. The van der Waals surface area contributed by atoms with Gasteiger partial charge in [-0.2, -0.15) is 0 Å². The van der Waals surface area contributed by atoms with E-state index in [-0.39, 0.29) is 30.0 Å². The summed E-state index contributed by atoms with van der Waals surface area (Å²) in [6, 6.07) is 12.0. The summed E-state index contributed by atoms with van der Waals surface area (Å²) >= 11 is 6.27. The zero-order chi connectivity index (χ0) is 20.5. The van der Waals surface area contributed by atoms with E-state index in [1.54, 1.807) is 20.4 Å². The Hall–Kier alpha value is -1.78. The van der Waals surface area contributed by atoms with Crippen molar-refractivity contribution in [1.82, 2.24) is 15.6 Å². The number of nitrogens with zero attached hydrogens (tertiary/aromatic N) is 3. The number of hydrogen-bond donors (Lipinski definition) is 2. The third kappa shape index (κ3) is 7.17. The first-order valence-electron chi connectivity index (χ1n) is 9.73. The molecular weight excluding hydrogens is 517 g/mol. The summed E-state index contributed by atoms with van der Waals surface area (Å²) in [5, 5.41) is 7.54. The van der Waals surface area contributed by atoms with E-state index in [9.17, 15) is 0 Å². The monoisotopic (exact) mass is 545 g/mol. The van der Waals surface area contributed by atoms with E-state index in [4.69, 9.17) is 21.1 Å². The van der Waals surface area contributed by atoms with Gasteiger partial charge in [0.1, 0.15) is 18.2 Å². The molecule has 0 bridgehead atoms. The first-order chi connectivity index (χ1) is 14.2. The van der Waals surface area contributed by atoms with Crippen LogP contribution < -0.4 is 20.3 Å². The predicted molar refractivity (Wildman–Crippen MR) is 132 cm³/mol. The molecule has 1 aliphatic rings. The second-order valence-electron chi connectivity index (χ2n) is 6.80. The number of anilines is 1. The van der Waals surface area contributed by atoms with Crippen molar-refractivity contribution in [2.24, 2.45) is 4.99 Å². The molecule has 1 saturated heterocycles. The molecule has 30 heavy (non-hydrogen) atoms. The molecule has 2 aromatic rings. The van der Waals surface area contributed by atoms with Gasteiger partial charge in [-0.1, -0.05) is 23.7 Å². The lowest BCUT2D eigenvalue weighted by molar-refractivity contribution is 0.146. The normalized spacial score (nSPS) is 16.2. The molecule has 2 N–H and O–H groups in total. The molecule has 0 spiro atoms. The van der Waals surface area contributed by atoms with E-state index >= 15 is 0 Å². The van der Waals surface area contributed by atoms with Crippen molar-refractivity contribution in [2.45, 2.75) is 19.0 Å². The number of hydrogen-bond acceptors (Lipinski definition) is 5. The van der Waals surface area contributed by atoms with Gasteiger partial charge in [0.05, 0.1) is 11.6 Å². The van der Waals surface area contributed by atoms with Crippen molar-refractivity contribution in [1.29, 1.82) is 0 Å². The molecule has 1 aromatic carbocycles. The van der Waals surface area contributed by atoms with Crippen molar-refractivity contribution in [3.05, 3.63) is 53.2 Å². The second kappa shape index (κ2) is 12.8. The fraction of sp³-hybridized carbons (Fsp3) is 0.429. The van der Waals surface area contributed by atoms with Crippen LogP contribution in [0.25, 0.3) is 0 Å². The summed E-state index contributed by atoms with van der Waals surface area (Å²) in [7, 11) is 3.44. The van der Waals surface area contributed by atoms with Gasteiger partial charge in [0.25, 0.3) is 0 Å². The Kier molecular flexibility index (Phi) is 10.5. The van der Waals surface area contributed by atoms with Gasteiger partial charge < -0.3 is 25.0 Å². The molecule has 1 fully saturated rings. The van der Waals surface area contributed by atoms with Crippen LogP contribution in [0.1, 0.15) is 12.0 Å². The zero-order valence-corrected chi connectivity index (χ0v) is 20.4. The quantitative estimate of drug-likeness (QED) is 0.230. The largest absolute Gasteiger partial charge is 0.491 e. The van der Waals surface area contributed by atoms with Crippen molar-refractivity contribution in [3.8, 4) is 5.75 Å². The van der Waals surface area contributed by atoms with Crippen LogP contribution in [0.3, 0.4) is 0 Å². The first kappa shape index (κ1) is 24.5. The summed E-state index contributed by atoms with van der Waals surface area (Å²) in [5.74, 6) is 2.46. The number of nitrogens with one attached hydrogen (secondary N) is 2. The molecular formula is C21H29ClIN5O2. The Balaban J connectivity index is 0.00000320. The highest BCUT2D eigenvalue weighted by molar-refractivity contribution is 14.0. The Morgan fingerprint density at radius 2 is 2.07 bits per heavy atom. The minimum atomic E-state index is 0. The molecule has 164 valence electrons. The predicted octanol–water partition coefficient (Wildman–Crippen LogP) is 3.32. The average Bonchev–Trinajstić information content (AvgIpc) is 3.21. The van der Waals surface area contributed by atoms with Crippen molar-refractivity contribution in [2.75, 3.05) is 45.4 Å². The molecule has 3 rings (SSSR count). The number of ether oxygens (including phenoxy) is 2. The SMILES string of the molecule is CN=C(NCc1ccc(OCCOC)cc1)NC1CCN(c2ncccc2Cl)C1.I. The number of aliphatic imine (C=N–C) groups is 1. The Bertz CT molecular complexity index is 806. The Labute approximate surface area is 200 Å². The van der Waals surface area contributed by atoms with E-state index in [2.05, 4.69) is 25.5 Å². The third-order valence-corrected chi connectivity index (χ3v) is 5.03. The lowest BCUT2D eigenvalue weighted by Gasteiger charge is -2.20. The summed E-state index contributed by atoms with van der Waals surface area (Å²) in [4.78, 5) is 11.0. The van der Waals surface area contributed by atoms with Gasteiger partial charge in [-0.3, -0.25) is 4.99 Å². The molecule has 0 aliphatic carbocycles. The van der Waals surface area contributed by atoms with Gasteiger partial charge in [-0.25, -0.2) is 4.98 Å². The Morgan fingerprint density at radius 3 is 2.77 bits per heavy atom. The summed E-state index contributed by atoms with van der Waals surface area (Å²) in [5.41, 5.74) is 1.15. The standard InChI is InChI=1S/C21H28ClN5O2.HI/c1-23-21(25-14-16-5-7-18(8-6-16)29-13-12-28-2)26-17-9-11-27(15-17)20-19(22)4-3-10-24-20;/h3-8,10,17H,9,11-15H2,1-2H3,(H2,23,25,26);1H. The van der Waals surface area contributed by atoms with Crippen molar-refractivity contribution in [3.63, 3.8) is 0 Å². The highest BCUT2D eigenvalue weighted by Gasteiger charge is 2.25. The number of guanidine groups is 1. The number of aromatic nitrogens is 1. The van der Waals surface area contributed by atoms with Crippen LogP contribution in [0.5, 0.6) is 5.75 Å². The van der Waals surface area contributed by atoms with Crippen LogP contribution >= 0.6 is 35.6 Å². The maximum atomic E-state index is 6.27. The topological polar surface area (TPSA) is 71.0 Å². The summed E-state index contributed by atoms with van der Waals surface area (Å²) in [6.45, 7) is 3.56.